The van der Waals surface area contributed by atoms with E-state index in [4.69, 9.17) is 0 Å². The molecule has 1 fully saturated rings. The highest BCUT2D eigenvalue weighted by Gasteiger charge is 2.20. The fourth-order valence-electron chi connectivity index (χ4n) is 2.34. The van der Waals surface area contributed by atoms with Crippen molar-refractivity contribution in [2.75, 3.05) is 11.4 Å². The molecule has 92 valence electrons. The van der Waals surface area contributed by atoms with Gasteiger partial charge in [0.1, 0.15) is 0 Å². The highest BCUT2D eigenvalue weighted by Crippen LogP contribution is 2.27. The maximum atomic E-state index is 12.1. The van der Waals surface area contributed by atoms with Gasteiger partial charge in [-0.3, -0.25) is 4.79 Å². The predicted molar refractivity (Wildman–Crippen MR) is 74.3 cm³/mol. The molecule has 1 amide bonds. The molecule has 0 saturated carbocycles. The molecule has 2 nitrogen and oxygen atoms in total. The zero-order chi connectivity index (χ0) is 12.3. The minimum Gasteiger partial charge on any atom is -0.312 e. The number of hydrogen-bond donors (Lipinski definition) is 0. The number of benzene rings is 1. The van der Waals surface area contributed by atoms with Crippen molar-refractivity contribution < 1.29 is 4.79 Å². The van der Waals surface area contributed by atoms with Gasteiger partial charge in [0.2, 0.25) is 5.91 Å². The lowest BCUT2D eigenvalue weighted by atomic mass is 10.1. The van der Waals surface area contributed by atoms with Gasteiger partial charge in [-0.05, 0) is 43.0 Å². The maximum Gasteiger partial charge on any atom is 0.226 e. The second-order valence-electron chi connectivity index (χ2n) is 4.48. The van der Waals surface area contributed by atoms with Crippen molar-refractivity contribution in [1.29, 1.82) is 0 Å². The summed E-state index contributed by atoms with van der Waals surface area (Å²) in [7, 11) is 0. The fourth-order valence-corrected chi connectivity index (χ4v) is 2.75. The van der Waals surface area contributed by atoms with Crippen LogP contribution in [0, 0.1) is 0 Å². The summed E-state index contributed by atoms with van der Waals surface area (Å²) >= 11 is 3.49. The van der Waals surface area contributed by atoms with E-state index in [2.05, 4.69) is 35.0 Å². The molecule has 1 aromatic carbocycles. The summed E-state index contributed by atoms with van der Waals surface area (Å²) in [6.07, 6.45) is 4.97. The molecule has 0 N–H and O–H groups in total. The van der Waals surface area contributed by atoms with Crippen molar-refractivity contribution in [2.24, 2.45) is 0 Å². The molecule has 1 saturated heterocycles. The third-order valence-electron chi connectivity index (χ3n) is 3.29. The lowest BCUT2D eigenvalue weighted by Crippen LogP contribution is -2.30. The summed E-state index contributed by atoms with van der Waals surface area (Å²) in [6, 6.07) is 6.20. The Hall–Kier alpha value is -0.830. The Kier molecular flexibility index (Phi) is 4.21. The second kappa shape index (κ2) is 5.67. The van der Waals surface area contributed by atoms with E-state index in [1.54, 1.807) is 0 Å². The molecule has 3 heteroatoms. The Morgan fingerprint density at radius 1 is 1.29 bits per heavy atom. The number of nitrogens with zero attached hydrogens (tertiary/aromatic N) is 1. The van der Waals surface area contributed by atoms with Crippen molar-refractivity contribution >= 4 is 27.5 Å². The first-order valence-electron chi connectivity index (χ1n) is 6.31. The van der Waals surface area contributed by atoms with E-state index in [0.717, 1.165) is 36.0 Å². The molecule has 0 aliphatic carbocycles. The van der Waals surface area contributed by atoms with E-state index >= 15 is 0 Å². The maximum absolute atomic E-state index is 12.1. The molecule has 0 radical (unpaired) electrons. The number of carbonyl (C=O) groups excluding carboxylic acids is 1. The topological polar surface area (TPSA) is 20.3 Å². The first-order valence-corrected chi connectivity index (χ1v) is 7.10. The van der Waals surface area contributed by atoms with Crippen LogP contribution in [0.2, 0.25) is 0 Å². The van der Waals surface area contributed by atoms with E-state index in [9.17, 15) is 4.79 Å². The lowest BCUT2D eigenvalue weighted by molar-refractivity contribution is -0.118. The summed E-state index contributed by atoms with van der Waals surface area (Å²) < 4.78 is 1.08. The molecular formula is C14H18BrNO. The van der Waals surface area contributed by atoms with Gasteiger partial charge in [0.15, 0.2) is 0 Å². The summed E-state index contributed by atoms with van der Waals surface area (Å²) in [5, 5.41) is 0. The van der Waals surface area contributed by atoms with E-state index in [1.807, 2.05) is 11.0 Å². The van der Waals surface area contributed by atoms with Crippen LogP contribution in [-0.2, 0) is 11.2 Å². The summed E-state index contributed by atoms with van der Waals surface area (Å²) in [6.45, 7) is 3.00. The van der Waals surface area contributed by atoms with Crippen LogP contribution in [0.4, 0.5) is 5.69 Å². The van der Waals surface area contributed by atoms with E-state index in [-0.39, 0.29) is 5.91 Å². The molecule has 1 aliphatic heterocycles. The fraction of sp³-hybridized carbons (Fsp3) is 0.500. The zero-order valence-electron chi connectivity index (χ0n) is 10.2. The highest BCUT2D eigenvalue weighted by atomic mass is 79.9. The molecule has 17 heavy (non-hydrogen) atoms. The average molecular weight is 296 g/mol. The monoisotopic (exact) mass is 295 g/mol. The van der Waals surface area contributed by atoms with Crippen molar-refractivity contribution in [3.8, 4) is 0 Å². The molecule has 0 aromatic heterocycles. The average Bonchev–Trinajstić information content (AvgIpc) is 2.54. The summed E-state index contributed by atoms with van der Waals surface area (Å²) in [5.41, 5.74) is 2.34. The third-order valence-corrected chi connectivity index (χ3v) is 3.78. The number of carbonyl (C=O) groups is 1. The van der Waals surface area contributed by atoms with Gasteiger partial charge in [0, 0.05) is 23.1 Å². The molecule has 1 heterocycles. The Labute approximate surface area is 111 Å². The van der Waals surface area contributed by atoms with Crippen LogP contribution in [0.3, 0.4) is 0 Å². The lowest BCUT2D eigenvalue weighted by Gasteiger charge is -2.23. The van der Waals surface area contributed by atoms with E-state index < -0.39 is 0 Å². The Bertz CT molecular complexity index is 417. The van der Waals surface area contributed by atoms with Gasteiger partial charge >= 0.3 is 0 Å². The number of hydrogen-bond acceptors (Lipinski definition) is 1. The Morgan fingerprint density at radius 2 is 2.12 bits per heavy atom. The normalized spacial score (nSPS) is 17.1. The zero-order valence-corrected chi connectivity index (χ0v) is 11.8. The number of aryl methyl sites for hydroxylation is 1. The van der Waals surface area contributed by atoms with Crippen LogP contribution in [0.15, 0.2) is 22.7 Å². The van der Waals surface area contributed by atoms with Crippen LogP contribution >= 0.6 is 15.9 Å². The van der Waals surface area contributed by atoms with E-state index in [0.29, 0.717) is 6.42 Å². The van der Waals surface area contributed by atoms with Gasteiger partial charge in [-0.1, -0.05) is 29.3 Å². The number of halogens is 1. The van der Waals surface area contributed by atoms with E-state index in [1.165, 1.54) is 12.0 Å². The molecule has 0 atom stereocenters. The van der Waals surface area contributed by atoms with Crippen LogP contribution in [-0.4, -0.2) is 12.5 Å². The van der Waals surface area contributed by atoms with Crippen molar-refractivity contribution in [3.63, 3.8) is 0 Å². The SMILES string of the molecule is CCc1cc(Br)ccc1N1CCCCCC1=O. The number of anilines is 1. The minimum absolute atomic E-state index is 0.277. The Morgan fingerprint density at radius 3 is 2.88 bits per heavy atom. The smallest absolute Gasteiger partial charge is 0.226 e. The van der Waals surface area contributed by atoms with Crippen molar-refractivity contribution in [3.05, 3.63) is 28.2 Å². The molecule has 1 aromatic rings. The van der Waals surface area contributed by atoms with Gasteiger partial charge in [0.05, 0.1) is 0 Å². The molecule has 2 rings (SSSR count). The third kappa shape index (κ3) is 2.89. The van der Waals surface area contributed by atoms with Crippen molar-refractivity contribution in [2.45, 2.75) is 39.0 Å². The quantitative estimate of drug-likeness (QED) is 0.810. The summed E-state index contributed by atoms with van der Waals surface area (Å²) in [5.74, 6) is 0.277. The second-order valence-corrected chi connectivity index (χ2v) is 5.40. The minimum atomic E-state index is 0.277. The Balaban J connectivity index is 2.34. The molecule has 0 bridgehead atoms. The van der Waals surface area contributed by atoms with Gasteiger partial charge in [-0.2, -0.15) is 0 Å². The van der Waals surface area contributed by atoms with Crippen LogP contribution in [0.1, 0.15) is 38.2 Å². The van der Waals surface area contributed by atoms with Crippen LogP contribution < -0.4 is 4.90 Å². The standard InChI is InChI=1S/C14H18BrNO/c1-2-11-10-12(15)7-8-13(11)16-9-5-3-4-6-14(16)17/h7-8,10H,2-6,9H2,1H3. The van der Waals surface area contributed by atoms with Gasteiger partial charge in [0.25, 0.3) is 0 Å². The largest absolute Gasteiger partial charge is 0.312 e. The first-order chi connectivity index (χ1) is 8.22. The highest BCUT2D eigenvalue weighted by molar-refractivity contribution is 9.10. The first kappa shape index (κ1) is 12.6. The van der Waals surface area contributed by atoms with Crippen LogP contribution in [0.25, 0.3) is 0 Å². The van der Waals surface area contributed by atoms with Crippen molar-refractivity contribution in [1.82, 2.24) is 0 Å². The van der Waals surface area contributed by atoms with Gasteiger partial charge < -0.3 is 4.90 Å². The molecular weight excluding hydrogens is 278 g/mol. The van der Waals surface area contributed by atoms with Gasteiger partial charge in [-0.15, -0.1) is 0 Å². The molecule has 0 unspecified atom stereocenters. The molecule has 0 spiro atoms. The van der Waals surface area contributed by atoms with Crippen LogP contribution in [0.5, 0.6) is 0 Å². The number of amides is 1. The molecule has 1 aliphatic rings. The summed E-state index contributed by atoms with van der Waals surface area (Å²) in [4.78, 5) is 14.1. The number of rotatable bonds is 2. The van der Waals surface area contributed by atoms with Gasteiger partial charge in [-0.25, -0.2) is 0 Å². The predicted octanol–water partition coefficient (Wildman–Crippen LogP) is 3.92.